The van der Waals surface area contributed by atoms with Crippen LogP contribution in [0.3, 0.4) is 0 Å². The number of Topliss-reactive ketones (excluding diaryl/α,β-unsaturated/α-hetero) is 1. The van der Waals surface area contributed by atoms with E-state index in [0.717, 1.165) is 6.20 Å². The zero-order valence-electron chi connectivity index (χ0n) is 8.94. The fraction of sp³-hybridized carbons (Fsp3) is 0.455. The van der Waals surface area contributed by atoms with Crippen LogP contribution in [0.1, 0.15) is 16.8 Å². The van der Waals surface area contributed by atoms with E-state index in [4.69, 9.17) is 4.74 Å². The molecule has 1 N–H and O–H groups in total. The molecule has 0 aromatic carbocycles. The number of halogens is 1. The molecule has 0 bridgehead atoms. The number of methoxy groups -OCH3 is 1. The summed E-state index contributed by atoms with van der Waals surface area (Å²) in [6.07, 6.45) is 3.13. The molecule has 0 amide bonds. The number of ketones is 1. The molecule has 1 aromatic rings. The Hall–Kier alpha value is -1.33. The average Bonchev–Trinajstić information content (AvgIpc) is 2.76. The lowest BCUT2D eigenvalue weighted by Gasteiger charge is -2.08. The molecule has 0 saturated carbocycles. The molecule has 2 heterocycles. The standard InChI is InChI=1S/C11H13FN2O2/c1-16-9-3-10(14-6-9)11(15)7-2-8(12)5-13-4-7/h2,4-5,9-10,14H,3,6H2,1H3. The molecule has 2 unspecified atom stereocenters. The normalized spacial score (nSPS) is 24.6. The highest BCUT2D eigenvalue weighted by Gasteiger charge is 2.30. The molecule has 2 rings (SSSR count). The quantitative estimate of drug-likeness (QED) is 0.771. The first-order valence-electron chi connectivity index (χ1n) is 5.11. The molecule has 1 aliphatic rings. The van der Waals surface area contributed by atoms with Gasteiger partial charge in [0.15, 0.2) is 5.78 Å². The summed E-state index contributed by atoms with van der Waals surface area (Å²) in [4.78, 5) is 15.6. The van der Waals surface area contributed by atoms with Gasteiger partial charge in [-0.1, -0.05) is 0 Å². The topological polar surface area (TPSA) is 51.2 Å². The van der Waals surface area contributed by atoms with Crippen molar-refractivity contribution in [3.05, 3.63) is 29.8 Å². The second-order valence-corrected chi connectivity index (χ2v) is 3.81. The summed E-state index contributed by atoms with van der Waals surface area (Å²) >= 11 is 0. The van der Waals surface area contributed by atoms with Crippen molar-refractivity contribution in [2.75, 3.05) is 13.7 Å². The molecule has 1 saturated heterocycles. The maximum Gasteiger partial charge on any atom is 0.181 e. The fourth-order valence-electron chi connectivity index (χ4n) is 1.83. The van der Waals surface area contributed by atoms with Gasteiger partial charge < -0.3 is 10.1 Å². The minimum absolute atomic E-state index is 0.0514. The molecular weight excluding hydrogens is 211 g/mol. The van der Waals surface area contributed by atoms with Crippen molar-refractivity contribution in [1.29, 1.82) is 0 Å². The predicted octanol–water partition coefficient (Wildman–Crippen LogP) is 0.780. The van der Waals surface area contributed by atoms with Crippen molar-refractivity contribution in [2.45, 2.75) is 18.6 Å². The molecule has 86 valence electrons. The van der Waals surface area contributed by atoms with Crippen LogP contribution < -0.4 is 5.32 Å². The maximum absolute atomic E-state index is 12.9. The van der Waals surface area contributed by atoms with Crippen LogP contribution in [-0.4, -0.2) is 36.6 Å². The maximum atomic E-state index is 12.9. The molecule has 0 radical (unpaired) electrons. The van der Waals surface area contributed by atoms with E-state index in [-0.39, 0.29) is 17.9 Å². The van der Waals surface area contributed by atoms with Crippen molar-refractivity contribution in [3.8, 4) is 0 Å². The first-order valence-corrected chi connectivity index (χ1v) is 5.11. The van der Waals surface area contributed by atoms with Gasteiger partial charge in [-0.15, -0.1) is 0 Å². The van der Waals surface area contributed by atoms with Crippen molar-refractivity contribution < 1.29 is 13.9 Å². The summed E-state index contributed by atoms with van der Waals surface area (Å²) in [6.45, 7) is 0.648. The Kier molecular flexibility index (Phi) is 3.26. The van der Waals surface area contributed by atoms with E-state index in [1.54, 1.807) is 7.11 Å². The molecule has 0 aliphatic carbocycles. The third kappa shape index (κ3) is 2.25. The first kappa shape index (κ1) is 11.2. The summed E-state index contributed by atoms with van der Waals surface area (Å²) in [5.41, 5.74) is 0.300. The van der Waals surface area contributed by atoms with Crippen LogP contribution in [0.4, 0.5) is 4.39 Å². The number of nitrogens with zero attached hydrogens (tertiary/aromatic N) is 1. The Morgan fingerprint density at radius 3 is 3.06 bits per heavy atom. The van der Waals surface area contributed by atoms with Gasteiger partial charge in [0, 0.05) is 25.4 Å². The molecule has 16 heavy (non-hydrogen) atoms. The van der Waals surface area contributed by atoms with Gasteiger partial charge in [0.1, 0.15) is 5.82 Å². The van der Waals surface area contributed by atoms with Crippen LogP contribution >= 0.6 is 0 Å². The Morgan fingerprint density at radius 1 is 1.62 bits per heavy atom. The van der Waals surface area contributed by atoms with Crippen LogP contribution in [0.2, 0.25) is 0 Å². The molecule has 4 nitrogen and oxygen atoms in total. The van der Waals surface area contributed by atoms with Crippen molar-refractivity contribution >= 4 is 5.78 Å². The lowest BCUT2D eigenvalue weighted by atomic mass is 10.0. The third-order valence-electron chi connectivity index (χ3n) is 2.73. The summed E-state index contributed by atoms with van der Waals surface area (Å²) in [5.74, 6) is -0.626. The number of nitrogens with one attached hydrogen (secondary N) is 1. The van der Waals surface area contributed by atoms with Gasteiger partial charge in [0.2, 0.25) is 0 Å². The summed E-state index contributed by atoms with van der Waals surface area (Å²) in [6, 6.07) is 0.908. The van der Waals surface area contributed by atoms with Crippen LogP contribution in [-0.2, 0) is 4.74 Å². The van der Waals surface area contributed by atoms with Gasteiger partial charge in [-0.2, -0.15) is 0 Å². The number of rotatable bonds is 3. The van der Waals surface area contributed by atoms with Crippen LogP contribution in [0, 0.1) is 5.82 Å². The van der Waals surface area contributed by atoms with Crippen LogP contribution in [0.25, 0.3) is 0 Å². The summed E-state index contributed by atoms with van der Waals surface area (Å²) in [5, 5.41) is 3.05. The van der Waals surface area contributed by atoms with Crippen LogP contribution in [0.15, 0.2) is 18.5 Å². The minimum atomic E-state index is -0.493. The second kappa shape index (κ2) is 4.67. The summed E-state index contributed by atoms with van der Waals surface area (Å²) in [7, 11) is 1.61. The Bertz CT molecular complexity index is 397. The SMILES string of the molecule is COC1CNC(C(=O)c2cncc(F)c2)C1. The lowest BCUT2D eigenvalue weighted by molar-refractivity contribution is 0.0918. The lowest BCUT2D eigenvalue weighted by Crippen LogP contribution is -2.30. The first-order chi connectivity index (χ1) is 7.70. The van der Waals surface area contributed by atoms with Crippen molar-refractivity contribution in [3.63, 3.8) is 0 Å². The van der Waals surface area contributed by atoms with E-state index < -0.39 is 5.82 Å². The highest BCUT2D eigenvalue weighted by Crippen LogP contribution is 2.14. The van der Waals surface area contributed by atoms with E-state index in [1.807, 2.05) is 0 Å². The molecular formula is C11H13FN2O2. The van der Waals surface area contributed by atoms with E-state index in [0.29, 0.717) is 18.5 Å². The zero-order valence-corrected chi connectivity index (χ0v) is 8.94. The largest absolute Gasteiger partial charge is 0.380 e. The molecule has 5 heteroatoms. The zero-order chi connectivity index (χ0) is 11.5. The number of ether oxygens (including phenoxy) is 1. The highest BCUT2D eigenvalue weighted by atomic mass is 19.1. The van der Waals surface area contributed by atoms with Gasteiger partial charge >= 0.3 is 0 Å². The Balaban J connectivity index is 2.08. The molecule has 1 aromatic heterocycles. The number of hydrogen-bond acceptors (Lipinski definition) is 4. The average molecular weight is 224 g/mol. The van der Waals surface area contributed by atoms with Crippen molar-refractivity contribution in [1.82, 2.24) is 10.3 Å². The predicted molar refractivity (Wildman–Crippen MR) is 55.7 cm³/mol. The number of carbonyl (C=O) groups is 1. The van der Waals surface area contributed by atoms with Gasteiger partial charge in [-0.05, 0) is 12.5 Å². The highest BCUT2D eigenvalue weighted by molar-refractivity contribution is 6.00. The number of carbonyl (C=O) groups excluding carboxylic acids is 1. The Morgan fingerprint density at radius 2 is 2.44 bits per heavy atom. The molecule has 2 atom stereocenters. The van der Waals surface area contributed by atoms with Crippen LogP contribution in [0.5, 0.6) is 0 Å². The monoisotopic (exact) mass is 224 g/mol. The molecule has 1 aliphatic heterocycles. The smallest absolute Gasteiger partial charge is 0.181 e. The minimum Gasteiger partial charge on any atom is -0.380 e. The second-order valence-electron chi connectivity index (χ2n) is 3.81. The Labute approximate surface area is 92.8 Å². The van der Waals surface area contributed by atoms with Gasteiger partial charge in [0.25, 0.3) is 0 Å². The van der Waals surface area contributed by atoms with E-state index >= 15 is 0 Å². The molecule has 0 spiro atoms. The van der Waals surface area contributed by atoms with Gasteiger partial charge in [-0.3, -0.25) is 9.78 Å². The number of aromatic nitrogens is 1. The van der Waals surface area contributed by atoms with E-state index in [2.05, 4.69) is 10.3 Å². The number of hydrogen-bond donors (Lipinski definition) is 1. The van der Waals surface area contributed by atoms with E-state index in [1.165, 1.54) is 12.3 Å². The molecule has 1 fully saturated rings. The van der Waals surface area contributed by atoms with E-state index in [9.17, 15) is 9.18 Å². The van der Waals surface area contributed by atoms with Gasteiger partial charge in [0.05, 0.1) is 18.3 Å². The summed E-state index contributed by atoms with van der Waals surface area (Å²) < 4.78 is 18.0. The third-order valence-corrected chi connectivity index (χ3v) is 2.73. The van der Waals surface area contributed by atoms with Gasteiger partial charge in [-0.25, -0.2) is 4.39 Å². The fourth-order valence-corrected chi connectivity index (χ4v) is 1.83. The van der Waals surface area contributed by atoms with Crippen molar-refractivity contribution in [2.24, 2.45) is 0 Å². The number of pyridine rings is 1.